The number of carbonyl (C=O) groups excluding carboxylic acids is 1. The SMILES string of the molecule is O=C(C[C@@H](O)C1=NO[C@@H](c2ccccc2)C1)c1ccccc1. The number of aliphatic hydroxyl groups excluding tert-OH is 1. The average Bonchev–Trinajstić information content (AvgIpc) is 3.06. The number of aliphatic hydroxyl groups is 1. The van der Waals surface area contributed by atoms with Gasteiger partial charge in [-0.15, -0.1) is 0 Å². The van der Waals surface area contributed by atoms with Crippen LogP contribution in [0.4, 0.5) is 0 Å². The van der Waals surface area contributed by atoms with Crippen molar-refractivity contribution in [3.8, 4) is 0 Å². The second-order valence-corrected chi connectivity index (χ2v) is 5.30. The first-order valence-electron chi connectivity index (χ1n) is 7.28. The minimum Gasteiger partial charge on any atom is -0.387 e. The van der Waals surface area contributed by atoms with Crippen LogP contribution in [0.15, 0.2) is 65.8 Å². The predicted molar refractivity (Wildman–Crippen MR) is 83.7 cm³/mol. The number of hydrogen-bond donors (Lipinski definition) is 1. The van der Waals surface area contributed by atoms with Crippen molar-refractivity contribution in [1.29, 1.82) is 0 Å². The Bertz CT molecular complexity index is 667. The van der Waals surface area contributed by atoms with Crippen LogP contribution in [-0.4, -0.2) is 22.7 Å². The summed E-state index contributed by atoms with van der Waals surface area (Å²) in [5.74, 6) is -0.0982. The zero-order valence-corrected chi connectivity index (χ0v) is 12.1. The lowest BCUT2D eigenvalue weighted by atomic mass is 9.98. The van der Waals surface area contributed by atoms with Gasteiger partial charge in [-0.1, -0.05) is 65.8 Å². The van der Waals surface area contributed by atoms with E-state index in [1.54, 1.807) is 24.3 Å². The van der Waals surface area contributed by atoms with Crippen LogP contribution in [0, 0.1) is 0 Å². The molecule has 1 heterocycles. The maximum atomic E-state index is 12.1. The fraction of sp³-hybridized carbons (Fsp3) is 0.222. The van der Waals surface area contributed by atoms with Gasteiger partial charge in [-0.3, -0.25) is 4.79 Å². The molecule has 1 aliphatic rings. The highest BCUT2D eigenvalue weighted by Gasteiger charge is 2.28. The molecule has 2 atom stereocenters. The van der Waals surface area contributed by atoms with E-state index in [1.165, 1.54) is 0 Å². The number of oxime groups is 1. The van der Waals surface area contributed by atoms with Crippen molar-refractivity contribution in [2.45, 2.75) is 25.0 Å². The summed E-state index contributed by atoms with van der Waals surface area (Å²) in [7, 11) is 0. The molecule has 2 aromatic carbocycles. The molecule has 4 nitrogen and oxygen atoms in total. The van der Waals surface area contributed by atoms with Crippen LogP contribution in [0.2, 0.25) is 0 Å². The third kappa shape index (κ3) is 3.23. The molecule has 0 aromatic heterocycles. The van der Waals surface area contributed by atoms with E-state index in [0.717, 1.165) is 5.56 Å². The Morgan fingerprint density at radius 3 is 2.45 bits per heavy atom. The lowest BCUT2D eigenvalue weighted by Crippen LogP contribution is -2.23. The third-order valence-electron chi connectivity index (χ3n) is 3.72. The molecule has 0 spiro atoms. The summed E-state index contributed by atoms with van der Waals surface area (Å²) < 4.78 is 0. The molecule has 0 bridgehead atoms. The number of ketones is 1. The van der Waals surface area contributed by atoms with E-state index in [4.69, 9.17) is 4.84 Å². The second-order valence-electron chi connectivity index (χ2n) is 5.30. The molecular weight excluding hydrogens is 278 g/mol. The summed E-state index contributed by atoms with van der Waals surface area (Å²) in [4.78, 5) is 17.5. The van der Waals surface area contributed by atoms with Gasteiger partial charge in [0, 0.05) is 18.4 Å². The first kappa shape index (κ1) is 14.5. The zero-order valence-electron chi connectivity index (χ0n) is 12.1. The first-order valence-corrected chi connectivity index (χ1v) is 7.28. The monoisotopic (exact) mass is 295 g/mol. The summed E-state index contributed by atoms with van der Waals surface area (Å²) >= 11 is 0. The van der Waals surface area contributed by atoms with Crippen molar-refractivity contribution in [1.82, 2.24) is 0 Å². The summed E-state index contributed by atoms with van der Waals surface area (Å²) in [5, 5.41) is 14.2. The van der Waals surface area contributed by atoms with Crippen molar-refractivity contribution < 1.29 is 14.7 Å². The van der Waals surface area contributed by atoms with Gasteiger partial charge in [-0.25, -0.2) is 0 Å². The number of Topliss-reactive ketones (excluding diaryl/α,β-unsaturated/α-hetero) is 1. The molecule has 1 aliphatic heterocycles. The number of rotatable bonds is 5. The van der Waals surface area contributed by atoms with E-state index >= 15 is 0 Å². The largest absolute Gasteiger partial charge is 0.387 e. The Kier molecular flexibility index (Phi) is 4.30. The molecule has 0 fully saturated rings. The standard InChI is InChI=1S/C18H17NO3/c20-16(13-7-3-1-4-8-13)12-17(21)15-11-18(22-19-15)14-9-5-2-6-10-14/h1-10,17-18,21H,11-12H2/t17-,18-/m1/s1. The Morgan fingerprint density at radius 1 is 1.14 bits per heavy atom. The molecule has 3 rings (SSSR count). The quantitative estimate of drug-likeness (QED) is 0.862. The first-order chi connectivity index (χ1) is 10.7. The minimum atomic E-state index is -0.901. The Morgan fingerprint density at radius 2 is 1.77 bits per heavy atom. The van der Waals surface area contributed by atoms with E-state index in [0.29, 0.717) is 17.7 Å². The van der Waals surface area contributed by atoms with Crippen LogP contribution in [0.25, 0.3) is 0 Å². The molecule has 4 heteroatoms. The molecule has 0 aliphatic carbocycles. The summed E-state index contributed by atoms with van der Waals surface area (Å²) in [5.41, 5.74) is 2.14. The Balaban J connectivity index is 1.60. The minimum absolute atomic E-state index is 0.0215. The summed E-state index contributed by atoms with van der Waals surface area (Å²) in [6.07, 6.45) is -0.555. The van der Waals surface area contributed by atoms with Crippen LogP contribution in [0.5, 0.6) is 0 Å². The lowest BCUT2D eigenvalue weighted by molar-refractivity contribution is 0.0854. The van der Waals surface area contributed by atoms with Gasteiger partial charge in [0.25, 0.3) is 0 Å². The van der Waals surface area contributed by atoms with Crippen molar-refractivity contribution in [2.24, 2.45) is 5.16 Å². The number of benzene rings is 2. The van der Waals surface area contributed by atoms with Gasteiger partial charge in [-0.2, -0.15) is 0 Å². The maximum absolute atomic E-state index is 12.1. The molecule has 0 radical (unpaired) electrons. The lowest BCUT2D eigenvalue weighted by Gasteiger charge is -2.10. The van der Waals surface area contributed by atoms with Gasteiger partial charge < -0.3 is 9.94 Å². The predicted octanol–water partition coefficient (Wildman–Crippen LogP) is 3.14. The fourth-order valence-corrected chi connectivity index (χ4v) is 2.47. The molecular formula is C18H17NO3. The molecule has 0 saturated carbocycles. The highest BCUT2D eigenvalue weighted by Crippen LogP contribution is 2.28. The maximum Gasteiger partial charge on any atom is 0.165 e. The molecule has 0 amide bonds. The Hall–Kier alpha value is -2.46. The van der Waals surface area contributed by atoms with Gasteiger partial charge in [0.1, 0.15) is 6.10 Å². The van der Waals surface area contributed by atoms with Crippen molar-refractivity contribution in [3.63, 3.8) is 0 Å². The van der Waals surface area contributed by atoms with Gasteiger partial charge in [0.2, 0.25) is 0 Å². The fourth-order valence-electron chi connectivity index (χ4n) is 2.47. The van der Waals surface area contributed by atoms with E-state index in [-0.39, 0.29) is 18.3 Å². The zero-order chi connectivity index (χ0) is 15.4. The van der Waals surface area contributed by atoms with Gasteiger partial charge in [0.15, 0.2) is 11.9 Å². The van der Waals surface area contributed by atoms with Crippen LogP contribution >= 0.6 is 0 Å². The van der Waals surface area contributed by atoms with Crippen molar-refractivity contribution in [2.75, 3.05) is 0 Å². The highest BCUT2D eigenvalue weighted by molar-refractivity contribution is 6.00. The van der Waals surface area contributed by atoms with E-state index in [9.17, 15) is 9.90 Å². The normalized spacial score (nSPS) is 18.4. The topological polar surface area (TPSA) is 58.9 Å². The summed E-state index contributed by atoms with van der Waals surface area (Å²) in [6, 6.07) is 18.7. The smallest absolute Gasteiger partial charge is 0.165 e. The van der Waals surface area contributed by atoms with Crippen LogP contribution in [0.3, 0.4) is 0 Å². The van der Waals surface area contributed by atoms with Gasteiger partial charge >= 0.3 is 0 Å². The second kappa shape index (κ2) is 6.54. The molecule has 112 valence electrons. The molecule has 2 aromatic rings. The molecule has 22 heavy (non-hydrogen) atoms. The van der Waals surface area contributed by atoms with Crippen LogP contribution in [0.1, 0.15) is 34.9 Å². The third-order valence-corrected chi connectivity index (χ3v) is 3.72. The molecule has 0 unspecified atom stereocenters. The number of nitrogens with zero attached hydrogens (tertiary/aromatic N) is 1. The Labute approximate surface area is 129 Å². The molecule has 1 N–H and O–H groups in total. The highest BCUT2D eigenvalue weighted by atomic mass is 16.6. The van der Waals surface area contributed by atoms with Gasteiger partial charge in [-0.05, 0) is 5.56 Å². The van der Waals surface area contributed by atoms with E-state index in [1.807, 2.05) is 36.4 Å². The summed E-state index contributed by atoms with van der Waals surface area (Å²) in [6.45, 7) is 0. The van der Waals surface area contributed by atoms with E-state index in [2.05, 4.69) is 5.16 Å². The van der Waals surface area contributed by atoms with E-state index < -0.39 is 6.10 Å². The van der Waals surface area contributed by atoms with Crippen molar-refractivity contribution >= 4 is 11.5 Å². The van der Waals surface area contributed by atoms with Crippen LogP contribution < -0.4 is 0 Å². The number of carbonyl (C=O) groups is 1. The molecule has 0 saturated heterocycles. The van der Waals surface area contributed by atoms with Crippen LogP contribution in [-0.2, 0) is 4.84 Å². The van der Waals surface area contributed by atoms with Gasteiger partial charge in [0.05, 0.1) is 5.71 Å². The average molecular weight is 295 g/mol. The number of hydrogen-bond acceptors (Lipinski definition) is 4. The van der Waals surface area contributed by atoms with Crippen molar-refractivity contribution in [3.05, 3.63) is 71.8 Å².